The van der Waals surface area contributed by atoms with Crippen LogP contribution in [0.1, 0.15) is 9.80 Å². The molecule has 0 radical (unpaired) electrons. The second-order valence-electron chi connectivity index (χ2n) is 2.47. The lowest BCUT2D eigenvalue weighted by Crippen LogP contribution is -1.99. The number of rotatable bonds is 1. The number of hydrogen-bond acceptors (Lipinski definition) is 5. The van der Waals surface area contributed by atoms with Gasteiger partial charge in [-0.1, -0.05) is 11.6 Å². The van der Waals surface area contributed by atoms with Gasteiger partial charge in [-0.25, -0.2) is 14.8 Å². The van der Waals surface area contributed by atoms with E-state index >= 15 is 0 Å². The van der Waals surface area contributed by atoms with Crippen molar-refractivity contribution in [2.24, 2.45) is 0 Å². The summed E-state index contributed by atoms with van der Waals surface area (Å²) in [5, 5.41) is 0.650. The first-order valence-electron chi connectivity index (χ1n) is 3.72. The first-order valence-corrected chi connectivity index (χ1v) is 4.91. The molecule has 0 aliphatic heterocycles. The first kappa shape index (κ1) is 9.36. The van der Waals surface area contributed by atoms with Gasteiger partial charge in [-0.05, 0) is 12.1 Å². The number of thiazole rings is 1. The maximum Gasteiger partial charge on any atom is 0.367 e. The number of carbonyl (C=O) groups excluding carboxylic acids is 1. The lowest BCUT2D eigenvalue weighted by atomic mass is 10.5. The van der Waals surface area contributed by atoms with Crippen LogP contribution in [0.25, 0.3) is 10.3 Å². The van der Waals surface area contributed by atoms with Gasteiger partial charge in [-0.3, -0.25) is 0 Å². The topological polar surface area (TPSA) is 52.1 Å². The van der Waals surface area contributed by atoms with Crippen molar-refractivity contribution in [1.82, 2.24) is 9.97 Å². The molecule has 4 nitrogen and oxygen atoms in total. The van der Waals surface area contributed by atoms with Gasteiger partial charge in [-0.15, -0.1) is 11.3 Å². The van der Waals surface area contributed by atoms with E-state index in [1.54, 1.807) is 12.1 Å². The Labute approximate surface area is 88.5 Å². The molecule has 0 saturated heterocycles. The van der Waals surface area contributed by atoms with Gasteiger partial charge in [0.25, 0.3) is 0 Å². The molecule has 0 aliphatic carbocycles. The Morgan fingerprint density at radius 3 is 3.00 bits per heavy atom. The number of halogens is 1. The Morgan fingerprint density at radius 1 is 1.50 bits per heavy atom. The van der Waals surface area contributed by atoms with E-state index in [1.165, 1.54) is 18.4 Å². The molecular formula is C8H5ClN2O2S. The van der Waals surface area contributed by atoms with E-state index < -0.39 is 5.97 Å². The molecule has 0 N–H and O–H groups in total. The van der Waals surface area contributed by atoms with Gasteiger partial charge in [0.1, 0.15) is 5.15 Å². The van der Waals surface area contributed by atoms with Gasteiger partial charge in [0.15, 0.2) is 5.65 Å². The zero-order valence-corrected chi connectivity index (χ0v) is 8.72. The summed E-state index contributed by atoms with van der Waals surface area (Å²) in [5.74, 6) is -0.455. The number of pyridine rings is 1. The summed E-state index contributed by atoms with van der Waals surface area (Å²) >= 11 is 6.91. The number of nitrogens with zero attached hydrogens (tertiary/aromatic N) is 2. The third-order valence-corrected chi connectivity index (χ3v) is 2.78. The summed E-state index contributed by atoms with van der Waals surface area (Å²) in [4.78, 5) is 19.1. The molecule has 2 aromatic heterocycles. The lowest BCUT2D eigenvalue weighted by Gasteiger charge is -1.89. The standard InChI is InChI=1S/C8H5ClN2O2S/c1-13-8(12)7-11-6-4(14-7)2-3-5(9)10-6/h2-3H,1H3. The summed E-state index contributed by atoms with van der Waals surface area (Å²) in [5.41, 5.74) is 0.475. The van der Waals surface area contributed by atoms with Crippen LogP contribution < -0.4 is 0 Å². The van der Waals surface area contributed by atoms with Crippen LogP contribution in [0.5, 0.6) is 0 Å². The van der Waals surface area contributed by atoms with E-state index in [9.17, 15) is 4.79 Å². The number of fused-ring (bicyclic) bond motifs is 1. The Hall–Kier alpha value is -1.20. The lowest BCUT2D eigenvalue weighted by molar-refractivity contribution is 0.0600. The third kappa shape index (κ3) is 1.56. The fraction of sp³-hybridized carbons (Fsp3) is 0.125. The fourth-order valence-electron chi connectivity index (χ4n) is 0.970. The number of aromatic nitrogens is 2. The Morgan fingerprint density at radius 2 is 2.29 bits per heavy atom. The molecule has 0 atom stereocenters. The molecule has 2 heterocycles. The van der Waals surface area contributed by atoms with Gasteiger partial charge in [0, 0.05) is 0 Å². The predicted molar refractivity (Wildman–Crippen MR) is 53.8 cm³/mol. The molecule has 72 valence electrons. The smallest absolute Gasteiger partial charge is 0.367 e. The maximum atomic E-state index is 11.1. The van der Waals surface area contributed by atoms with E-state index in [0.29, 0.717) is 10.8 Å². The largest absolute Gasteiger partial charge is 0.464 e. The summed E-state index contributed by atoms with van der Waals surface area (Å²) in [6.07, 6.45) is 0. The Balaban J connectivity index is 2.56. The number of carbonyl (C=O) groups is 1. The zero-order valence-electron chi connectivity index (χ0n) is 7.15. The van der Waals surface area contributed by atoms with Crippen LogP contribution in [-0.2, 0) is 4.74 Å². The maximum absolute atomic E-state index is 11.1. The third-order valence-electron chi connectivity index (χ3n) is 1.58. The van der Waals surface area contributed by atoms with E-state index in [0.717, 1.165) is 4.70 Å². The van der Waals surface area contributed by atoms with Gasteiger partial charge >= 0.3 is 5.97 Å². The summed E-state index contributed by atoms with van der Waals surface area (Å²) in [6, 6.07) is 3.43. The van der Waals surface area contributed by atoms with Gasteiger partial charge < -0.3 is 4.74 Å². The van der Waals surface area contributed by atoms with Crippen molar-refractivity contribution in [2.75, 3.05) is 7.11 Å². The Kier molecular flexibility index (Phi) is 2.35. The van der Waals surface area contributed by atoms with Gasteiger partial charge in [-0.2, -0.15) is 0 Å². The molecule has 0 bridgehead atoms. The summed E-state index contributed by atoms with van der Waals surface area (Å²) < 4.78 is 5.36. The van der Waals surface area contributed by atoms with Gasteiger partial charge in [0.05, 0.1) is 11.8 Å². The molecule has 6 heteroatoms. The van der Waals surface area contributed by atoms with E-state index in [2.05, 4.69) is 14.7 Å². The van der Waals surface area contributed by atoms with Crippen LogP contribution in [0.4, 0.5) is 0 Å². The minimum atomic E-state index is -0.455. The molecule has 0 aliphatic rings. The molecule has 0 spiro atoms. The van der Waals surface area contributed by atoms with Crippen LogP contribution in [0.2, 0.25) is 5.15 Å². The van der Waals surface area contributed by atoms with Crippen LogP contribution in [-0.4, -0.2) is 23.0 Å². The molecule has 0 saturated carbocycles. The molecule has 14 heavy (non-hydrogen) atoms. The summed E-state index contributed by atoms with van der Waals surface area (Å²) in [7, 11) is 1.31. The van der Waals surface area contributed by atoms with Crippen LogP contribution in [0, 0.1) is 0 Å². The molecule has 2 rings (SSSR count). The molecule has 0 fully saturated rings. The van der Waals surface area contributed by atoms with E-state index in [4.69, 9.17) is 11.6 Å². The normalized spacial score (nSPS) is 10.4. The first-order chi connectivity index (χ1) is 6.70. The zero-order chi connectivity index (χ0) is 10.1. The van der Waals surface area contributed by atoms with Crippen molar-refractivity contribution in [2.45, 2.75) is 0 Å². The SMILES string of the molecule is COC(=O)c1nc2nc(Cl)ccc2s1. The highest BCUT2D eigenvalue weighted by Gasteiger charge is 2.12. The number of methoxy groups -OCH3 is 1. The number of hydrogen-bond donors (Lipinski definition) is 0. The molecule has 2 aromatic rings. The van der Waals surface area contributed by atoms with Crippen molar-refractivity contribution in [1.29, 1.82) is 0 Å². The van der Waals surface area contributed by atoms with Crippen molar-refractivity contribution >= 4 is 39.3 Å². The predicted octanol–water partition coefficient (Wildman–Crippen LogP) is 2.13. The monoisotopic (exact) mass is 228 g/mol. The highest BCUT2D eigenvalue weighted by Crippen LogP contribution is 2.22. The molecule has 0 unspecified atom stereocenters. The number of ether oxygens (including phenoxy) is 1. The molecular weight excluding hydrogens is 224 g/mol. The highest BCUT2D eigenvalue weighted by atomic mass is 35.5. The van der Waals surface area contributed by atoms with Crippen LogP contribution in [0.15, 0.2) is 12.1 Å². The summed E-state index contributed by atoms with van der Waals surface area (Å²) in [6.45, 7) is 0. The molecule has 0 aromatic carbocycles. The molecule has 0 amide bonds. The van der Waals surface area contributed by atoms with Crippen molar-refractivity contribution in [3.63, 3.8) is 0 Å². The Bertz CT molecular complexity index is 497. The van der Waals surface area contributed by atoms with E-state index in [1.807, 2.05) is 0 Å². The quantitative estimate of drug-likeness (QED) is 0.554. The van der Waals surface area contributed by atoms with Crippen LogP contribution in [0.3, 0.4) is 0 Å². The van der Waals surface area contributed by atoms with Crippen LogP contribution >= 0.6 is 22.9 Å². The number of esters is 1. The van der Waals surface area contributed by atoms with Crippen molar-refractivity contribution < 1.29 is 9.53 Å². The highest BCUT2D eigenvalue weighted by molar-refractivity contribution is 7.20. The minimum absolute atomic E-state index is 0.289. The minimum Gasteiger partial charge on any atom is -0.464 e. The van der Waals surface area contributed by atoms with E-state index in [-0.39, 0.29) is 5.01 Å². The van der Waals surface area contributed by atoms with Gasteiger partial charge in [0.2, 0.25) is 5.01 Å². The fourth-order valence-corrected chi connectivity index (χ4v) is 1.94. The van der Waals surface area contributed by atoms with Crippen molar-refractivity contribution in [3.05, 3.63) is 22.3 Å². The average molecular weight is 229 g/mol. The second kappa shape index (κ2) is 3.51. The van der Waals surface area contributed by atoms with Crippen molar-refractivity contribution in [3.8, 4) is 0 Å². The second-order valence-corrected chi connectivity index (χ2v) is 3.88. The average Bonchev–Trinajstić information content (AvgIpc) is 2.59.